The first-order valence-corrected chi connectivity index (χ1v) is 5.43. The summed E-state index contributed by atoms with van der Waals surface area (Å²) in [5.74, 6) is -0.421. The summed E-state index contributed by atoms with van der Waals surface area (Å²) >= 11 is 0. The third-order valence-corrected chi connectivity index (χ3v) is 2.52. The van der Waals surface area contributed by atoms with E-state index in [1.165, 1.54) is 37.3 Å². The molecule has 0 amide bonds. The lowest BCUT2D eigenvalue weighted by atomic mass is 10.1. The molecule has 0 aliphatic carbocycles. The molecule has 0 bridgehead atoms. The number of carbonyl (C=O) groups excluding carboxylic acids is 1. The molecule has 0 aliphatic heterocycles. The lowest BCUT2D eigenvalue weighted by Crippen LogP contribution is -1.98. The van der Waals surface area contributed by atoms with Gasteiger partial charge in [0.15, 0.2) is 5.78 Å². The number of Topliss-reactive ketones (excluding diaryl/α,β-unsaturated/α-hetero) is 1. The van der Waals surface area contributed by atoms with Crippen molar-refractivity contribution < 1.29 is 14.3 Å². The normalized spacial score (nSPS) is 10.1. The van der Waals surface area contributed by atoms with Gasteiger partial charge in [-0.25, -0.2) is 4.39 Å². The fourth-order valence-electron chi connectivity index (χ4n) is 1.54. The minimum atomic E-state index is -0.437. The Balaban J connectivity index is 2.30. The fraction of sp³-hybridized carbons (Fsp3) is 0.0714. The van der Waals surface area contributed by atoms with Crippen LogP contribution in [-0.2, 0) is 0 Å². The van der Waals surface area contributed by atoms with Crippen molar-refractivity contribution in [2.45, 2.75) is 6.92 Å². The summed E-state index contributed by atoms with van der Waals surface area (Å²) in [4.78, 5) is 11.2. The number of benzene rings is 2. The Morgan fingerprint density at radius 2 is 1.83 bits per heavy atom. The molecule has 0 spiro atoms. The van der Waals surface area contributed by atoms with E-state index in [-0.39, 0.29) is 17.2 Å². The molecule has 0 saturated carbocycles. The minimum absolute atomic E-state index is 0.122. The highest BCUT2D eigenvalue weighted by molar-refractivity contribution is 5.95. The van der Waals surface area contributed by atoms with Crippen molar-refractivity contribution in [1.82, 2.24) is 0 Å². The molecule has 2 aromatic carbocycles. The van der Waals surface area contributed by atoms with Crippen LogP contribution in [0.5, 0.6) is 5.75 Å². The topological polar surface area (TPSA) is 49.3 Å². The van der Waals surface area contributed by atoms with Crippen LogP contribution in [0, 0.1) is 5.82 Å². The van der Waals surface area contributed by atoms with E-state index >= 15 is 0 Å². The zero-order chi connectivity index (χ0) is 13.1. The van der Waals surface area contributed by atoms with Crippen LogP contribution in [0.4, 0.5) is 15.8 Å². The molecule has 0 heterocycles. The maximum atomic E-state index is 13.6. The minimum Gasteiger partial charge on any atom is -0.508 e. The summed E-state index contributed by atoms with van der Waals surface area (Å²) in [6.07, 6.45) is 0. The Morgan fingerprint density at radius 3 is 2.44 bits per heavy atom. The van der Waals surface area contributed by atoms with Crippen molar-refractivity contribution in [2.24, 2.45) is 0 Å². The van der Waals surface area contributed by atoms with Gasteiger partial charge in [0.1, 0.15) is 11.6 Å². The van der Waals surface area contributed by atoms with Crippen LogP contribution in [0.2, 0.25) is 0 Å². The molecule has 0 aromatic heterocycles. The van der Waals surface area contributed by atoms with Gasteiger partial charge >= 0.3 is 0 Å². The lowest BCUT2D eigenvalue weighted by molar-refractivity contribution is 0.101. The summed E-state index contributed by atoms with van der Waals surface area (Å²) in [6, 6.07) is 10.4. The van der Waals surface area contributed by atoms with E-state index in [9.17, 15) is 9.18 Å². The largest absolute Gasteiger partial charge is 0.508 e. The van der Waals surface area contributed by atoms with Crippen LogP contribution in [0.3, 0.4) is 0 Å². The van der Waals surface area contributed by atoms with Crippen molar-refractivity contribution in [3.05, 3.63) is 53.8 Å². The van der Waals surface area contributed by atoms with Gasteiger partial charge in [0.2, 0.25) is 0 Å². The second kappa shape index (κ2) is 4.87. The average molecular weight is 245 g/mol. The van der Waals surface area contributed by atoms with Gasteiger partial charge in [-0.15, -0.1) is 0 Å². The van der Waals surface area contributed by atoms with Gasteiger partial charge in [-0.2, -0.15) is 0 Å². The number of anilines is 2. The van der Waals surface area contributed by atoms with Gasteiger partial charge < -0.3 is 10.4 Å². The number of carbonyl (C=O) groups is 1. The molecule has 18 heavy (non-hydrogen) atoms. The van der Waals surface area contributed by atoms with Crippen molar-refractivity contribution in [3.63, 3.8) is 0 Å². The number of hydrogen-bond acceptors (Lipinski definition) is 3. The van der Waals surface area contributed by atoms with Crippen molar-refractivity contribution in [2.75, 3.05) is 5.32 Å². The molecule has 2 rings (SSSR count). The Morgan fingerprint density at radius 1 is 1.17 bits per heavy atom. The van der Waals surface area contributed by atoms with E-state index in [1.54, 1.807) is 12.1 Å². The number of ketones is 1. The zero-order valence-electron chi connectivity index (χ0n) is 9.77. The van der Waals surface area contributed by atoms with Gasteiger partial charge in [0.05, 0.1) is 5.69 Å². The molecule has 2 N–H and O–H groups in total. The molecule has 3 nitrogen and oxygen atoms in total. The SMILES string of the molecule is CC(=O)c1ccc(F)c(Nc2ccc(O)cc2)c1. The number of rotatable bonds is 3. The first kappa shape index (κ1) is 12.1. The molecule has 92 valence electrons. The second-order valence-electron chi connectivity index (χ2n) is 3.92. The number of nitrogens with one attached hydrogen (secondary N) is 1. The highest BCUT2D eigenvalue weighted by atomic mass is 19.1. The van der Waals surface area contributed by atoms with E-state index in [1.807, 2.05) is 0 Å². The van der Waals surface area contributed by atoms with Crippen molar-refractivity contribution in [1.29, 1.82) is 0 Å². The molecule has 0 radical (unpaired) electrons. The fourth-order valence-corrected chi connectivity index (χ4v) is 1.54. The molecule has 0 saturated heterocycles. The molecule has 0 atom stereocenters. The molecule has 2 aromatic rings. The van der Waals surface area contributed by atoms with E-state index in [0.29, 0.717) is 11.3 Å². The van der Waals surface area contributed by atoms with Gasteiger partial charge in [-0.05, 0) is 49.4 Å². The quantitative estimate of drug-likeness (QED) is 0.643. The number of aromatic hydroxyl groups is 1. The molecule has 0 unspecified atom stereocenters. The molecule has 0 aliphatic rings. The Labute approximate surface area is 104 Å². The summed E-state index contributed by atoms with van der Waals surface area (Å²) in [5, 5.41) is 12.0. The van der Waals surface area contributed by atoms with E-state index in [4.69, 9.17) is 5.11 Å². The third-order valence-electron chi connectivity index (χ3n) is 2.52. The monoisotopic (exact) mass is 245 g/mol. The van der Waals surface area contributed by atoms with Crippen LogP contribution in [0.25, 0.3) is 0 Å². The Kier molecular flexibility index (Phi) is 3.28. The lowest BCUT2D eigenvalue weighted by Gasteiger charge is -2.08. The van der Waals surface area contributed by atoms with Gasteiger partial charge in [-0.1, -0.05) is 0 Å². The summed E-state index contributed by atoms with van der Waals surface area (Å²) in [5.41, 5.74) is 1.30. The average Bonchev–Trinajstić information content (AvgIpc) is 2.34. The number of phenols is 1. The van der Waals surface area contributed by atoms with Crippen LogP contribution in [0.15, 0.2) is 42.5 Å². The molecule has 0 fully saturated rings. The van der Waals surface area contributed by atoms with E-state index < -0.39 is 5.82 Å². The molecule has 4 heteroatoms. The first-order chi connectivity index (χ1) is 8.56. The molecular weight excluding hydrogens is 233 g/mol. The Bertz CT molecular complexity index is 579. The van der Waals surface area contributed by atoms with E-state index in [0.717, 1.165) is 0 Å². The molecular formula is C14H12FNO2. The van der Waals surface area contributed by atoms with Crippen molar-refractivity contribution in [3.8, 4) is 5.75 Å². The van der Waals surface area contributed by atoms with Gasteiger partial charge in [0, 0.05) is 11.3 Å². The number of phenolic OH excluding ortho intramolecular Hbond substituents is 1. The van der Waals surface area contributed by atoms with Gasteiger partial charge in [-0.3, -0.25) is 4.79 Å². The summed E-state index contributed by atoms with van der Waals surface area (Å²) in [7, 11) is 0. The maximum absolute atomic E-state index is 13.6. The van der Waals surface area contributed by atoms with Crippen LogP contribution in [-0.4, -0.2) is 10.9 Å². The number of hydrogen-bond donors (Lipinski definition) is 2. The van der Waals surface area contributed by atoms with Crippen LogP contribution >= 0.6 is 0 Å². The summed E-state index contributed by atoms with van der Waals surface area (Å²) in [6.45, 7) is 1.43. The first-order valence-electron chi connectivity index (χ1n) is 5.43. The van der Waals surface area contributed by atoms with Crippen LogP contribution in [0.1, 0.15) is 17.3 Å². The smallest absolute Gasteiger partial charge is 0.159 e. The standard InChI is InChI=1S/C14H12FNO2/c1-9(17)10-2-7-13(15)14(8-10)16-11-3-5-12(18)6-4-11/h2-8,16,18H,1H3. The van der Waals surface area contributed by atoms with Crippen molar-refractivity contribution >= 4 is 17.2 Å². The Hall–Kier alpha value is -2.36. The third kappa shape index (κ3) is 2.66. The highest BCUT2D eigenvalue weighted by Crippen LogP contribution is 2.23. The summed E-state index contributed by atoms with van der Waals surface area (Å²) < 4.78 is 13.6. The second-order valence-corrected chi connectivity index (χ2v) is 3.92. The maximum Gasteiger partial charge on any atom is 0.159 e. The highest BCUT2D eigenvalue weighted by Gasteiger charge is 2.06. The van der Waals surface area contributed by atoms with Gasteiger partial charge in [0.25, 0.3) is 0 Å². The predicted molar refractivity (Wildman–Crippen MR) is 67.8 cm³/mol. The zero-order valence-corrected chi connectivity index (χ0v) is 9.77. The predicted octanol–water partition coefficient (Wildman–Crippen LogP) is 3.48. The van der Waals surface area contributed by atoms with Crippen LogP contribution < -0.4 is 5.32 Å². The van der Waals surface area contributed by atoms with E-state index in [2.05, 4.69) is 5.32 Å². The number of halogens is 1.